The Kier molecular flexibility index (Phi) is 6.69. The van der Waals surface area contributed by atoms with Gasteiger partial charge in [-0.25, -0.2) is 0 Å². The third kappa shape index (κ3) is 6.36. The topological polar surface area (TPSA) is 20.3 Å². The van der Waals surface area contributed by atoms with E-state index in [1.807, 2.05) is 0 Å². The van der Waals surface area contributed by atoms with Crippen molar-refractivity contribution in [3.05, 3.63) is 28.2 Å². The number of halogens is 5. The van der Waals surface area contributed by atoms with Gasteiger partial charge in [-0.2, -0.15) is 13.2 Å². The number of hydrogen-bond donors (Lipinski definition) is 0. The monoisotopic (exact) mass is 359 g/mol. The number of hydrogen-bond acceptors (Lipinski definition) is 2. The SMILES string of the molecule is C[C@H](Sc1cc(Cl)ccc1Cl)C(=O)N(C)CCC(F)(F)F. The molecule has 1 aromatic carbocycles. The van der Waals surface area contributed by atoms with Crippen LogP contribution in [0.4, 0.5) is 13.2 Å². The normalized spacial score (nSPS) is 13.1. The Hall–Kier alpha value is -0.590. The van der Waals surface area contributed by atoms with Gasteiger partial charge in [0.05, 0.1) is 16.7 Å². The van der Waals surface area contributed by atoms with Gasteiger partial charge in [-0.05, 0) is 25.1 Å². The quantitative estimate of drug-likeness (QED) is 0.698. The van der Waals surface area contributed by atoms with Gasteiger partial charge in [0, 0.05) is 23.5 Å². The fraction of sp³-hybridized carbons (Fsp3) is 0.462. The minimum Gasteiger partial charge on any atom is -0.344 e. The Morgan fingerprint density at radius 3 is 2.57 bits per heavy atom. The zero-order valence-electron chi connectivity index (χ0n) is 11.4. The van der Waals surface area contributed by atoms with Gasteiger partial charge in [0.25, 0.3) is 0 Å². The maximum atomic E-state index is 12.1. The summed E-state index contributed by atoms with van der Waals surface area (Å²) in [6.07, 6.45) is -5.30. The second-order valence-corrected chi connectivity index (χ2v) is 6.69. The third-order valence-electron chi connectivity index (χ3n) is 2.65. The van der Waals surface area contributed by atoms with E-state index in [0.29, 0.717) is 14.9 Å². The first kappa shape index (κ1) is 18.5. The number of thioether (sulfide) groups is 1. The minimum absolute atomic E-state index is 0.365. The average Bonchev–Trinajstić information content (AvgIpc) is 2.38. The molecule has 0 aliphatic carbocycles. The van der Waals surface area contributed by atoms with Crippen LogP contribution in [-0.2, 0) is 4.79 Å². The zero-order valence-corrected chi connectivity index (χ0v) is 13.7. The molecule has 1 amide bonds. The summed E-state index contributed by atoms with van der Waals surface area (Å²) in [6.45, 7) is 1.25. The van der Waals surface area contributed by atoms with Crippen LogP contribution >= 0.6 is 35.0 Å². The highest BCUT2D eigenvalue weighted by molar-refractivity contribution is 8.00. The van der Waals surface area contributed by atoms with Gasteiger partial charge in [0.1, 0.15) is 0 Å². The van der Waals surface area contributed by atoms with Crippen molar-refractivity contribution in [2.45, 2.75) is 29.7 Å². The van der Waals surface area contributed by atoms with Gasteiger partial charge in [0.15, 0.2) is 0 Å². The Labute approximate surface area is 135 Å². The molecular formula is C13H14Cl2F3NOS. The molecule has 0 saturated heterocycles. The van der Waals surface area contributed by atoms with Crippen LogP contribution < -0.4 is 0 Å². The van der Waals surface area contributed by atoms with Crippen molar-refractivity contribution in [1.29, 1.82) is 0 Å². The third-order valence-corrected chi connectivity index (χ3v) is 4.48. The Bertz CT molecular complexity index is 511. The van der Waals surface area contributed by atoms with E-state index in [1.54, 1.807) is 25.1 Å². The fourth-order valence-corrected chi connectivity index (χ4v) is 3.05. The van der Waals surface area contributed by atoms with Gasteiger partial charge in [-0.15, -0.1) is 11.8 Å². The molecule has 2 nitrogen and oxygen atoms in total. The number of alkyl halides is 3. The molecule has 1 aromatic rings. The van der Waals surface area contributed by atoms with Crippen molar-refractivity contribution in [3.63, 3.8) is 0 Å². The predicted octanol–water partition coefficient (Wildman–Crippen LogP) is 4.88. The first-order valence-corrected chi connectivity index (χ1v) is 7.67. The van der Waals surface area contributed by atoms with E-state index in [1.165, 1.54) is 18.8 Å². The summed E-state index contributed by atoms with van der Waals surface area (Å²) in [4.78, 5) is 13.7. The molecule has 0 spiro atoms. The summed E-state index contributed by atoms with van der Waals surface area (Å²) in [6, 6.07) is 4.85. The van der Waals surface area contributed by atoms with E-state index in [4.69, 9.17) is 23.2 Å². The van der Waals surface area contributed by atoms with Gasteiger partial charge in [-0.3, -0.25) is 4.79 Å². The second kappa shape index (κ2) is 7.61. The van der Waals surface area contributed by atoms with Crippen molar-refractivity contribution in [2.24, 2.45) is 0 Å². The number of carbonyl (C=O) groups excluding carboxylic acids is 1. The Morgan fingerprint density at radius 2 is 2.00 bits per heavy atom. The summed E-state index contributed by atoms with van der Waals surface area (Å²) in [5, 5.41) is 0.369. The highest BCUT2D eigenvalue weighted by Gasteiger charge is 2.29. The molecular weight excluding hydrogens is 346 g/mol. The molecule has 1 atom stereocenters. The molecule has 0 heterocycles. The molecule has 118 valence electrons. The lowest BCUT2D eigenvalue weighted by atomic mass is 10.3. The molecule has 0 unspecified atom stereocenters. The number of nitrogens with zero attached hydrogens (tertiary/aromatic N) is 1. The van der Waals surface area contributed by atoms with E-state index in [9.17, 15) is 18.0 Å². The van der Waals surface area contributed by atoms with E-state index >= 15 is 0 Å². The van der Waals surface area contributed by atoms with Gasteiger partial charge >= 0.3 is 6.18 Å². The predicted molar refractivity (Wildman–Crippen MR) is 80.1 cm³/mol. The summed E-state index contributed by atoms with van der Waals surface area (Å²) in [5.74, 6) is -0.389. The van der Waals surface area contributed by atoms with Gasteiger partial charge in [-0.1, -0.05) is 23.2 Å². The van der Waals surface area contributed by atoms with E-state index < -0.39 is 17.8 Å². The molecule has 0 fully saturated rings. The van der Waals surface area contributed by atoms with Crippen molar-refractivity contribution in [3.8, 4) is 0 Å². The second-order valence-electron chi connectivity index (χ2n) is 4.46. The lowest BCUT2D eigenvalue weighted by Crippen LogP contribution is -2.35. The van der Waals surface area contributed by atoms with Crippen LogP contribution in [0.15, 0.2) is 23.1 Å². The maximum absolute atomic E-state index is 12.1. The van der Waals surface area contributed by atoms with E-state index in [0.717, 1.165) is 4.90 Å². The zero-order chi connectivity index (χ0) is 16.2. The van der Waals surface area contributed by atoms with Crippen LogP contribution in [0.2, 0.25) is 10.0 Å². The number of benzene rings is 1. The Balaban J connectivity index is 2.64. The van der Waals surface area contributed by atoms with E-state index in [2.05, 4.69) is 0 Å². The number of carbonyl (C=O) groups is 1. The largest absolute Gasteiger partial charge is 0.390 e. The molecule has 0 aliphatic heterocycles. The highest BCUT2D eigenvalue weighted by atomic mass is 35.5. The first-order chi connectivity index (χ1) is 9.60. The van der Waals surface area contributed by atoms with Gasteiger partial charge < -0.3 is 4.90 Å². The molecule has 0 radical (unpaired) electrons. The molecule has 0 aromatic heterocycles. The van der Waals surface area contributed by atoms with E-state index in [-0.39, 0.29) is 12.5 Å². The fourth-order valence-electron chi connectivity index (χ4n) is 1.52. The molecule has 0 aliphatic rings. The first-order valence-electron chi connectivity index (χ1n) is 6.03. The number of amides is 1. The standard InChI is InChI=1S/C13H14Cl2F3NOS/c1-8(12(20)19(2)6-5-13(16,17)18)21-11-7-9(14)3-4-10(11)15/h3-4,7-8H,5-6H2,1-2H3/t8-/m0/s1. The van der Waals surface area contributed by atoms with Crippen LogP contribution in [0.1, 0.15) is 13.3 Å². The Morgan fingerprint density at radius 1 is 1.38 bits per heavy atom. The molecule has 21 heavy (non-hydrogen) atoms. The summed E-state index contributed by atoms with van der Waals surface area (Å²) >= 11 is 13.0. The lowest BCUT2D eigenvalue weighted by Gasteiger charge is -2.22. The molecule has 0 N–H and O–H groups in total. The van der Waals surface area contributed by atoms with Gasteiger partial charge in [0.2, 0.25) is 5.91 Å². The number of rotatable bonds is 5. The summed E-state index contributed by atoms with van der Waals surface area (Å²) < 4.78 is 36.4. The molecule has 1 rings (SSSR count). The molecule has 0 saturated carbocycles. The smallest absolute Gasteiger partial charge is 0.344 e. The molecule has 0 bridgehead atoms. The van der Waals surface area contributed by atoms with Crippen LogP contribution in [0.25, 0.3) is 0 Å². The van der Waals surface area contributed by atoms with Crippen molar-refractivity contribution in [1.82, 2.24) is 4.90 Å². The average molecular weight is 360 g/mol. The summed E-state index contributed by atoms with van der Waals surface area (Å²) in [7, 11) is 1.35. The van der Waals surface area contributed by atoms with Crippen molar-refractivity contribution in [2.75, 3.05) is 13.6 Å². The maximum Gasteiger partial charge on any atom is 0.390 e. The molecule has 8 heteroatoms. The van der Waals surface area contributed by atoms with Crippen molar-refractivity contribution >= 4 is 40.9 Å². The van der Waals surface area contributed by atoms with Crippen LogP contribution in [-0.4, -0.2) is 35.8 Å². The lowest BCUT2D eigenvalue weighted by molar-refractivity contribution is -0.143. The van der Waals surface area contributed by atoms with Crippen molar-refractivity contribution < 1.29 is 18.0 Å². The van der Waals surface area contributed by atoms with Crippen LogP contribution in [0.5, 0.6) is 0 Å². The minimum atomic E-state index is -4.28. The van der Waals surface area contributed by atoms with Crippen LogP contribution in [0.3, 0.4) is 0 Å². The summed E-state index contributed by atoms with van der Waals surface area (Å²) in [5.41, 5.74) is 0. The van der Waals surface area contributed by atoms with Crippen LogP contribution in [0, 0.1) is 0 Å². The highest BCUT2D eigenvalue weighted by Crippen LogP contribution is 2.33.